The molecule has 0 aliphatic heterocycles. The van der Waals surface area contributed by atoms with E-state index in [0.717, 1.165) is 7.11 Å². The molecule has 0 aliphatic rings. The van der Waals surface area contributed by atoms with Crippen LogP contribution in [0.25, 0.3) is 0 Å². The van der Waals surface area contributed by atoms with E-state index in [1.807, 2.05) is 6.92 Å². The fourth-order valence-electron chi connectivity index (χ4n) is 0.949. The molecule has 0 spiro atoms. The molecule has 1 amide bonds. The van der Waals surface area contributed by atoms with Crippen LogP contribution in [-0.4, -0.2) is 36.1 Å². The first-order chi connectivity index (χ1) is 7.42. The molecular formula is C10H17NO5. The van der Waals surface area contributed by atoms with Crippen LogP contribution in [0.15, 0.2) is 0 Å². The van der Waals surface area contributed by atoms with Crippen LogP contribution in [0.2, 0.25) is 0 Å². The number of carboxylic acids is 1. The van der Waals surface area contributed by atoms with Crippen molar-refractivity contribution in [3.05, 3.63) is 0 Å². The normalized spacial score (nSPS) is 13.7. The number of amides is 1. The summed E-state index contributed by atoms with van der Waals surface area (Å²) in [4.78, 5) is 33.1. The van der Waals surface area contributed by atoms with Gasteiger partial charge in [-0.2, -0.15) is 0 Å². The number of carbonyl (C=O) groups is 3. The maximum Gasteiger partial charge on any atom is 0.326 e. The number of carbonyl (C=O) groups excluding carboxylic acids is 2. The van der Waals surface area contributed by atoms with E-state index in [2.05, 4.69) is 10.1 Å². The first-order valence-corrected chi connectivity index (χ1v) is 5.02. The number of methoxy groups -OCH3 is 1. The average Bonchev–Trinajstić information content (AvgIpc) is 2.26. The van der Waals surface area contributed by atoms with Gasteiger partial charge in [-0.15, -0.1) is 0 Å². The van der Waals surface area contributed by atoms with Crippen LogP contribution in [0.5, 0.6) is 0 Å². The molecular weight excluding hydrogens is 214 g/mol. The van der Waals surface area contributed by atoms with Gasteiger partial charge in [0, 0.05) is 5.92 Å². The third-order valence-corrected chi connectivity index (χ3v) is 2.27. The zero-order valence-corrected chi connectivity index (χ0v) is 9.65. The quantitative estimate of drug-likeness (QED) is 0.635. The number of esters is 1. The van der Waals surface area contributed by atoms with Crippen molar-refractivity contribution in [1.29, 1.82) is 0 Å². The van der Waals surface area contributed by atoms with Gasteiger partial charge >= 0.3 is 11.9 Å². The summed E-state index contributed by atoms with van der Waals surface area (Å²) in [6.45, 7) is 3.51. The second-order valence-electron chi connectivity index (χ2n) is 3.49. The van der Waals surface area contributed by atoms with Crippen molar-refractivity contribution in [2.45, 2.75) is 32.7 Å². The minimum Gasteiger partial charge on any atom is -0.480 e. The van der Waals surface area contributed by atoms with Crippen molar-refractivity contribution >= 4 is 17.8 Å². The van der Waals surface area contributed by atoms with Gasteiger partial charge in [-0.05, 0) is 6.42 Å². The summed E-state index contributed by atoms with van der Waals surface area (Å²) in [5.74, 6) is -2.57. The van der Waals surface area contributed by atoms with Crippen LogP contribution >= 0.6 is 0 Å². The Bertz CT molecular complexity index is 276. The molecule has 0 aromatic rings. The maximum absolute atomic E-state index is 11.4. The Kier molecular flexibility index (Phi) is 6.14. The average molecular weight is 231 g/mol. The van der Waals surface area contributed by atoms with Crippen molar-refractivity contribution in [1.82, 2.24) is 5.32 Å². The van der Waals surface area contributed by atoms with Gasteiger partial charge in [0.2, 0.25) is 5.91 Å². The summed E-state index contributed by atoms with van der Waals surface area (Å²) < 4.78 is 4.35. The van der Waals surface area contributed by atoms with Crippen molar-refractivity contribution < 1.29 is 24.2 Å². The summed E-state index contributed by atoms with van der Waals surface area (Å²) in [6, 6.07) is -1.23. The Morgan fingerprint density at radius 1 is 1.38 bits per heavy atom. The van der Waals surface area contributed by atoms with Crippen LogP contribution in [0.4, 0.5) is 0 Å². The monoisotopic (exact) mass is 231 g/mol. The summed E-state index contributed by atoms with van der Waals surface area (Å²) in [7, 11) is 1.16. The van der Waals surface area contributed by atoms with E-state index in [1.54, 1.807) is 6.92 Å². The highest BCUT2D eigenvalue weighted by Gasteiger charge is 2.25. The number of aliphatic carboxylic acids is 1. The van der Waals surface area contributed by atoms with Gasteiger partial charge in [0.1, 0.15) is 6.04 Å². The number of carboxylic acid groups (broad SMARTS) is 1. The molecule has 16 heavy (non-hydrogen) atoms. The fourth-order valence-corrected chi connectivity index (χ4v) is 0.949. The number of nitrogens with one attached hydrogen (secondary N) is 1. The first kappa shape index (κ1) is 14.4. The lowest BCUT2D eigenvalue weighted by molar-refractivity contribution is -0.149. The van der Waals surface area contributed by atoms with Crippen LogP contribution in [0.3, 0.4) is 0 Å². The van der Waals surface area contributed by atoms with Gasteiger partial charge in [-0.25, -0.2) is 4.79 Å². The van der Waals surface area contributed by atoms with E-state index in [-0.39, 0.29) is 18.2 Å². The molecule has 2 atom stereocenters. The van der Waals surface area contributed by atoms with Gasteiger partial charge in [0.05, 0.1) is 13.5 Å². The second-order valence-corrected chi connectivity index (χ2v) is 3.49. The second kappa shape index (κ2) is 6.81. The molecule has 0 aromatic carbocycles. The maximum atomic E-state index is 11.4. The lowest BCUT2D eigenvalue weighted by Gasteiger charge is -2.15. The lowest BCUT2D eigenvalue weighted by atomic mass is 10.1. The third-order valence-electron chi connectivity index (χ3n) is 2.27. The van der Waals surface area contributed by atoms with Gasteiger partial charge in [0.25, 0.3) is 0 Å². The zero-order valence-electron chi connectivity index (χ0n) is 9.65. The molecule has 0 aromatic heterocycles. The number of ether oxygens (including phenoxy) is 1. The predicted molar refractivity (Wildman–Crippen MR) is 55.7 cm³/mol. The Morgan fingerprint density at radius 3 is 2.31 bits per heavy atom. The highest BCUT2D eigenvalue weighted by molar-refractivity contribution is 5.87. The molecule has 0 aliphatic carbocycles. The molecule has 0 rings (SSSR count). The molecule has 2 N–H and O–H groups in total. The lowest BCUT2D eigenvalue weighted by Crippen LogP contribution is -2.44. The largest absolute Gasteiger partial charge is 0.480 e. The van der Waals surface area contributed by atoms with Crippen molar-refractivity contribution in [3.63, 3.8) is 0 Å². The fraction of sp³-hybridized carbons (Fsp3) is 0.700. The topological polar surface area (TPSA) is 92.7 Å². The molecule has 0 bridgehead atoms. The summed E-state index contributed by atoms with van der Waals surface area (Å²) >= 11 is 0. The molecule has 6 nitrogen and oxygen atoms in total. The SMILES string of the molecule is CCC(C)C(=O)N[C@@H](CC(=O)OC)C(=O)O. The smallest absolute Gasteiger partial charge is 0.326 e. The Labute approximate surface area is 94.0 Å². The number of hydrogen-bond donors (Lipinski definition) is 2. The molecule has 6 heteroatoms. The van der Waals surface area contributed by atoms with E-state index < -0.39 is 18.0 Å². The summed E-state index contributed by atoms with van der Waals surface area (Å²) in [6.07, 6.45) is 0.240. The molecule has 0 saturated carbocycles. The Morgan fingerprint density at radius 2 is 1.94 bits per heavy atom. The van der Waals surface area contributed by atoms with Crippen LogP contribution in [-0.2, 0) is 19.1 Å². The summed E-state index contributed by atoms with van der Waals surface area (Å²) in [5.41, 5.74) is 0. The van der Waals surface area contributed by atoms with Gasteiger partial charge in [-0.1, -0.05) is 13.8 Å². The predicted octanol–water partition coefficient (Wildman–Crippen LogP) is 0.165. The van der Waals surface area contributed by atoms with E-state index in [0.29, 0.717) is 6.42 Å². The highest BCUT2D eigenvalue weighted by atomic mass is 16.5. The summed E-state index contributed by atoms with van der Waals surface area (Å²) in [5, 5.41) is 11.1. The molecule has 0 heterocycles. The first-order valence-electron chi connectivity index (χ1n) is 5.02. The number of hydrogen-bond acceptors (Lipinski definition) is 4. The molecule has 0 saturated heterocycles. The number of rotatable bonds is 6. The van der Waals surface area contributed by atoms with Crippen molar-refractivity contribution in [3.8, 4) is 0 Å². The van der Waals surface area contributed by atoms with Gasteiger partial charge < -0.3 is 15.2 Å². The van der Waals surface area contributed by atoms with E-state index >= 15 is 0 Å². The minimum absolute atomic E-state index is 0.278. The van der Waals surface area contributed by atoms with Gasteiger partial charge in [0.15, 0.2) is 0 Å². The minimum atomic E-state index is -1.25. The Balaban J connectivity index is 4.40. The zero-order chi connectivity index (χ0) is 12.7. The standard InChI is InChI=1S/C10H17NO5/c1-4-6(2)9(13)11-7(10(14)15)5-8(12)16-3/h6-7H,4-5H2,1-3H3,(H,11,13)(H,14,15)/t6?,7-/m0/s1. The molecule has 0 radical (unpaired) electrons. The van der Waals surface area contributed by atoms with E-state index in [4.69, 9.17) is 5.11 Å². The van der Waals surface area contributed by atoms with E-state index in [1.165, 1.54) is 0 Å². The van der Waals surface area contributed by atoms with Crippen molar-refractivity contribution in [2.75, 3.05) is 7.11 Å². The van der Waals surface area contributed by atoms with Gasteiger partial charge in [-0.3, -0.25) is 9.59 Å². The van der Waals surface area contributed by atoms with Crippen LogP contribution in [0.1, 0.15) is 26.7 Å². The molecule has 92 valence electrons. The van der Waals surface area contributed by atoms with Crippen LogP contribution < -0.4 is 5.32 Å². The Hall–Kier alpha value is -1.59. The molecule has 0 fully saturated rings. The van der Waals surface area contributed by atoms with Crippen LogP contribution in [0, 0.1) is 5.92 Å². The van der Waals surface area contributed by atoms with Crippen molar-refractivity contribution in [2.24, 2.45) is 5.92 Å². The molecule has 1 unspecified atom stereocenters. The van der Waals surface area contributed by atoms with E-state index in [9.17, 15) is 14.4 Å². The third kappa shape index (κ3) is 4.77. The highest BCUT2D eigenvalue weighted by Crippen LogP contribution is 2.03.